The summed E-state index contributed by atoms with van der Waals surface area (Å²) in [4.78, 5) is 14.5. The number of carbonyl (C=O) groups is 1. The van der Waals surface area contributed by atoms with Gasteiger partial charge >= 0.3 is 5.97 Å². The predicted molar refractivity (Wildman–Crippen MR) is 83.7 cm³/mol. The molecule has 1 aliphatic heterocycles. The second-order valence-electron chi connectivity index (χ2n) is 8.24. The molecule has 1 saturated heterocycles. The standard InChI is InChI=1S/C17H33NO2/c1-13(15(19)20-17(5,6)7)18-11-8-9-14(10-12-18)16(2,3)4/h13-14H,8-12H2,1-7H3. The van der Waals surface area contributed by atoms with Gasteiger partial charge in [0.15, 0.2) is 0 Å². The van der Waals surface area contributed by atoms with Crippen LogP contribution in [0, 0.1) is 11.3 Å². The zero-order chi connectivity index (χ0) is 15.6. The van der Waals surface area contributed by atoms with Crippen LogP contribution >= 0.6 is 0 Å². The van der Waals surface area contributed by atoms with Crippen molar-refractivity contribution in [2.45, 2.75) is 79.4 Å². The molecular weight excluding hydrogens is 250 g/mol. The molecule has 1 aliphatic rings. The maximum absolute atomic E-state index is 12.2. The van der Waals surface area contributed by atoms with Gasteiger partial charge in [0.25, 0.3) is 0 Å². The smallest absolute Gasteiger partial charge is 0.323 e. The van der Waals surface area contributed by atoms with Crippen LogP contribution in [0.15, 0.2) is 0 Å². The van der Waals surface area contributed by atoms with Crippen LogP contribution in [0.5, 0.6) is 0 Å². The SMILES string of the molecule is CC(C(=O)OC(C)(C)C)N1CCCC(C(C)(C)C)CC1. The summed E-state index contributed by atoms with van der Waals surface area (Å²) in [7, 11) is 0. The molecule has 0 aromatic carbocycles. The van der Waals surface area contributed by atoms with Crippen molar-refractivity contribution in [3.8, 4) is 0 Å². The lowest BCUT2D eigenvalue weighted by Gasteiger charge is -2.31. The Kier molecular flexibility index (Phi) is 5.65. The van der Waals surface area contributed by atoms with Gasteiger partial charge in [-0.15, -0.1) is 0 Å². The van der Waals surface area contributed by atoms with E-state index in [9.17, 15) is 4.79 Å². The van der Waals surface area contributed by atoms with Crippen molar-refractivity contribution in [2.75, 3.05) is 13.1 Å². The number of hydrogen-bond donors (Lipinski definition) is 0. The highest BCUT2D eigenvalue weighted by molar-refractivity contribution is 5.75. The van der Waals surface area contributed by atoms with Crippen LogP contribution in [-0.4, -0.2) is 35.6 Å². The van der Waals surface area contributed by atoms with Gasteiger partial charge in [-0.2, -0.15) is 0 Å². The van der Waals surface area contributed by atoms with Crippen LogP contribution in [-0.2, 0) is 9.53 Å². The van der Waals surface area contributed by atoms with Crippen LogP contribution in [0.3, 0.4) is 0 Å². The first kappa shape index (κ1) is 17.5. The summed E-state index contributed by atoms with van der Waals surface area (Å²) in [5.74, 6) is 0.657. The Balaban J connectivity index is 2.58. The van der Waals surface area contributed by atoms with Gasteiger partial charge in [0.1, 0.15) is 11.6 Å². The van der Waals surface area contributed by atoms with Gasteiger partial charge in [-0.25, -0.2) is 0 Å². The van der Waals surface area contributed by atoms with Crippen molar-refractivity contribution in [1.82, 2.24) is 4.90 Å². The molecular formula is C17H33NO2. The van der Waals surface area contributed by atoms with Gasteiger partial charge < -0.3 is 4.74 Å². The van der Waals surface area contributed by atoms with Crippen molar-refractivity contribution in [1.29, 1.82) is 0 Å². The molecule has 1 heterocycles. The second kappa shape index (κ2) is 6.46. The molecule has 3 heteroatoms. The summed E-state index contributed by atoms with van der Waals surface area (Å²) in [5, 5.41) is 0. The Morgan fingerprint density at radius 3 is 2.20 bits per heavy atom. The van der Waals surface area contributed by atoms with Crippen LogP contribution < -0.4 is 0 Å². The molecule has 0 aromatic heterocycles. The Morgan fingerprint density at radius 1 is 1.10 bits per heavy atom. The Bertz CT molecular complexity index is 325. The Hall–Kier alpha value is -0.570. The van der Waals surface area contributed by atoms with Crippen LogP contribution in [0.2, 0.25) is 0 Å². The first-order valence-electron chi connectivity index (χ1n) is 7.97. The van der Waals surface area contributed by atoms with E-state index in [1.807, 2.05) is 27.7 Å². The minimum Gasteiger partial charge on any atom is -0.459 e. The molecule has 1 rings (SSSR count). The number of nitrogens with zero attached hydrogens (tertiary/aromatic N) is 1. The largest absolute Gasteiger partial charge is 0.459 e. The average Bonchev–Trinajstić information content (AvgIpc) is 2.50. The summed E-state index contributed by atoms with van der Waals surface area (Å²) in [6.45, 7) is 16.7. The van der Waals surface area contributed by atoms with E-state index < -0.39 is 5.60 Å². The fraction of sp³-hybridized carbons (Fsp3) is 0.941. The van der Waals surface area contributed by atoms with E-state index in [2.05, 4.69) is 25.7 Å². The zero-order valence-electron chi connectivity index (χ0n) is 14.5. The molecule has 0 bridgehead atoms. The lowest BCUT2D eigenvalue weighted by atomic mass is 9.77. The fourth-order valence-corrected chi connectivity index (χ4v) is 2.91. The fourth-order valence-electron chi connectivity index (χ4n) is 2.91. The maximum Gasteiger partial charge on any atom is 0.323 e. The van der Waals surface area contributed by atoms with E-state index in [1.54, 1.807) is 0 Å². The third kappa shape index (κ3) is 5.43. The number of hydrogen-bond acceptors (Lipinski definition) is 3. The van der Waals surface area contributed by atoms with E-state index in [1.165, 1.54) is 19.3 Å². The molecule has 0 aliphatic carbocycles. The summed E-state index contributed by atoms with van der Waals surface area (Å²) in [5.41, 5.74) is -0.0314. The molecule has 118 valence electrons. The summed E-state index contributed by atoms with van der Waals surface area (Å²) in [6, 6.07) is -0.132. The van der Waals surface area contributed by atoms with E-state index in [0.717, 1.165) is 19.0 Å². The van der Waals surface area contributed by atoms with Crippen molar-refractivity contribution in [2.24, 2.45) is 11.3 Å². The van der Waals surface area contributed by atoms with Crippen LogP contribution in [0.25, 0.3) is 0 Å². The first-order chi connectivity index (χ1) is 9.00. The topological polar surface area (TPSA) is 29.5 Å². The van der Waals surface area contributed by atoms with Crippen molar-refractivity contribution in [3.63, 3.8) is 0 Å². The molecule has 2 unspecified atom stereocenters. The van der Waals surface area contributed by atoms with Crippen LogP contribution in [0.4, 0.5) is 0 Å². The number of esters is 1. The molecule has 0 spiro atoms. The molecule has 1 fully saturated rings. The Labute approximate surface area is 125 Å². The summed E-state index contributed by atoms with van der Waals surface area (Å²) in [6.07, 6.45) is 3.62. The minimum absolute atomic E-state index is 0.0910. The average molecular weight is 283 g/mol. The number of carbonyl (C=O) groups excluding carboxylic acids is 1. The highest BCUT2D eigenvalue weighted by atomic mass is 16.6. The van der Waals surface area contributed by atoms with Gasteiger partial charge in [-0.05, 0) is 71.4 Å². The van der Waals surface area contributed by atoms with Crippen molar-refractivity contribution < 1.29 is 9.53 Å². The molecule has 0 N–H and O–H groups in total. The van der Waals surface area contributed by atoms with E-state index in [-0.39, 0.29) is 12.0 Å². The summed E-state index contributed by atoms with van der Waals surface area (Å²) >= 11 is 0. The minimum atomic E-state index is -0.398. The van der Waals surface area contributed by atoms with E-state index in [4.69, 9.17) is 4.74 Å². The predicted octanol–water partition coefficient (Wildman–Crippen LogP) is 3.86. The highest BCUT2D eigenvalue weighted by Crippen LogP contribution is 2.34. The molecule has 3 nitrogen and oxygen atoms in total. The lowest BCUT2D eigenvalue weighted by Crippen LogP contribution is -2.43. The summed E-state index contributed by atoms with van der Waals surface area (Å²) < 4.78 is 5.51. The zero-order valence-corrected chi connectivity index (χ0v) is 14.5. The van der Waals surface area contributed by atoms with Gasteiger partial charge in [0.2, 0.25) is 0 Å². The van der Waals surface area contributed by atoms with Gasteiger partial charge in [0.05, 0.1) is 0 Å². The third-order valence-electron chi connectivity index (χ3n) is 4.28. The molecule has 20 heavy (non-hydrogen) atoms. The number of ether oxygens (including phenoxy) is 1. The number of rotatable bonds is 2. The third-order valence-corrected chi connectivity index (χ3v) is 4.28. The lowest BCUT2D eigenvalue weighted by molar-refractivity contribution is -0.160. The maximum atomic E-state index is 12.2. The Morgan fingerprint density at radius 2 is 1.70 bits per heavy atom. The second-order valence-corrected chi connectivity index (χ2v) is 8.24. The van der Waals surface area contributed by atoms with Gasteiger partial charge in [-0.1, -0.05) is 20.8 Å². The van der Waals surface area contributed by atoms with E-state index in [0.29, 0.717) is 5.41 Å². The quantitative estimate of drug-likeness (QED) is 0.721. The van der Waals surface area contributed by atoms with E-state index >= 15 is 0 Å². The highest BCUT2D eigenvalue weighted by Gasteiger charge is 2.31. The normalized spacial score (nSPS) is 24.1. The molecule has 0 radical (unpaired) electrons. The van der Waals surface area contributed by atoms with Crippen LogP contribution in [0.1, 0.15) is 67.7 Å². The molecule has 0 amide bonds. The molecule has 0 aromatic rings. The monoisotopic (exact) mass is 283 g/mol. The van der Waals surface area contributed by atoms with Gasteiger partial charge in [0, 0.05) is 0 Å². The first-order valence-corrected chi connectivity index (χ1v) is 7.97. The molecule has 2 atom stereocenters. The van der Waals surface area contributed by atoms with Gasteiger partial charge in [-0.3, -0.25) is 9.69 Å². The molecule has 0 saturated carbocycles. The van der Waals surface area contributed by atoms with Crippen molar-refractivity contribution >= 4 is 5.97 Å². The number of likely N-dealkylation sites (tertiary alicyclic amines) is 1. The van der Waals surface area contributed by atoms with Crippen molar-refractivity contribution in [3.05, 3.63) is 0 Å².